The van der Waals surface area contributed by atoms with E-state index < -0.39 is 5.97 Å². The summed E-state index contributed by atoms with van der Waals surface area (Å²) in [4.78, 5) is 28.5. The average Bonchev–Trinajstić information content (AvgIpc) is 2.55. The van der Waals surface area contributed by atoms with Gasteiger partial charge in [0.1, 0.15) is 0 Å². The molecule has 0 unspecified atom stereocenters. The minimum Gasteiger partial charge on any atom is -0.465 e. The number of hydrogen-bond acceptors (Lipinski definition) is 5. The molecule has 0 fully saturated rings. The first-order valence-electron chi connectivity index (χ1n) is 6.96. The van der Waals surface area contributed by atoms with Crippen molar-refractivity contribution in [1.82, 2.24) is 14.9 Å². The molecule has 23 heavy (non-hydrogen) atoms. The van der Waals surface area contributed by atoms with E-state index in [1.54, 1.807) is 6.20 Å². The van der Waals surface area contributed by atoms with Crippen LogP contribution in [0.2, 0.25) is 0 Å². The lowest BCUT2D eigenvalue weighted by atomic mass is 10.2. The molecule has 0 bridgehead atoms. The number of aromatic nitrogens is 2. The van der Waals surface area contributed by atoms with Crippen LogP contribution in [-0.2, 0) is 17.8 Å². The van der Waals surface area contributed by atoms with Crippen LogP contribution in [0.5, 0.6) is 0 Å². The van der Waals surface area contributed by atoms with E-state index in [-0.39, 0.29) is 5.56 Å². The Morgan fingerprint density at radius 2 is 2.13 bits per heavy atom. The SMILES string of the molecule is COC(=O)c1ccc(=O)n(Cc2ccc(CNC(C)=S)nc2)c1. The number of nitrogens with one attached hydrogen (secondary N) is 1. The number of nitrogens with zero attached hydrogens (tertiary/aromatic N) is 2. The van der Waals surface area contributed by atoms with Crippen LogP contribution in [0.4, 0.5) is 0 Å². The Morgan fingerprint density at radius 3 is 2.74 bits per heavy atom. The summed E-state index contributed by atoms with van der Waals surface area (Å²) < 4.78 is 6.11. The summed E-state index contributed by atoms with van der Waals surface area (Å²) in [6.07, 6.45) is 3.19. The van der Waals surface area contributed by atoms with Crippen molar-refractivity contribution in [3.05, 3.63) is 63.8 Å². The van der Waals surface area contributed by atoms with Crippen LogP contribution in [-0.4, -0.2) is 27.6 Å². The fourth-order valence-corrected chi connectivity index (χ4v) is 2.03. The molecule has 6 nitrogen and oxygen atoms in total. The molecule has 1 N–H and O–H groups in total. The second-order valence-electron chi connectivity index (χ2n) is 4.94. The molecule has 0 aliphatic carbocycles. The summed E-state index contributed by atoms with van der Waals surface area (Å²) in [5, 5.41) is 3.03. The monoisotopic (exact) mass is 331 g/mol. The van der Waals surface area contributed by atoms with Gasteiger partial charge in [0.05, 0.1) is 36.4 Å². The van der Waals surface area contributed by atoms with E-state index >= 15 is 0 Å². The number of esters is 1. The number of carbonyl (C=O) groups is 1. The first-order valence-corrected chi connectivity index (χ1v) is 7.37. The fourth-order valence-electron chi connectivity index (χ4n) is 1.96. The third-order valence-corrected chi connectivity index (χ3v) is 3.31. The standard InChI is InChI=1S/C16H17N3O3S/c1-11(23)17-8-14-5-3-12(7-18-14)9-19-10-13(16(21)22-2)4-6-15(19)20/h3-7,10H,8-9H2,1-2H3,(H,17,23). The first kappa shape index (κ1) is 16.8. The molecular formula is C16H17N3O3S. The third-order valence-electron chi connectivity index (χ3n) is 3.16. The van der Waals surface area contributed by atoms with Gasteiger partial charge in [0.15, 0.2) is 0 Å². The predicted octanol–water partition coefficient (Wildman–Crippen LogP) is 1.52. The normalized spacial score (nSPS) is 10.2. The van der Waals surface area contributed by atoms with Crippen molar-refractivity contribution in [2.75, 3.05) is 7.11 Å². The minimum absolute atomic E-state index is 0.195. The molecule has 0 spiro atoms. The van der Waals surface area contributed by atoms with Gasteiger partial charge in [-0.05, 0) is 24.6 Å². The summed E-state index contributed by atoms with van der Waals surface area (Å²) in [6.45, 7) is 2.70. The lowest BCUT2D eigenvalue weighted by Crippen LogP contribution is -2.21. The third kappa shape index (κ3) is 4.72. The molecule has 0 saturated carbocycles. The topological polar surface area (TPSA) is 73.2 Å². The summed E-state index contributed by atoms with van der Waals surface area (Å²) >= 11 is 4.95. The molecule has 0 saturated heterocycles. The van der Waals surface area contributed by atoms with Crippen LogP contribution < -0.4 is 10.9 Å². The maximum Gasteiger partial charge on any atom is 0.339 e. The number of ether oxygens (including phenoxy) is 1. The highest BCUT2D eigenvalue weighted by molar-refractivity contribution is 7.80. The number of thiocarbonyl (C=S) groups is 1. The molecule has 0 aliphatic rings. The second kappa shape index (κ2) is 7.64. The van der Waals surface area contributed by atoms with Crippen molar-refractivity contribution >= 4 is 23.2 Å². The van der Waals surface area contributed by atoms with E-state index in [1.807, 2.05) is 19.1 Å². The summed E-state index contributed by atoms with van der Waals surface area (Å²) in [5.41, 5.74) is 1.85. The van der Waals surface area contributed by atoms with Crippen molar-refractivity contribution in [1.29, 1.82) is 0 Å². The highest BCUT2D eigenvalue weighted by Crippen LogP contribution is 2.04. The van der Waals surface area contributed by atoms with Crippen LogP contribution >= 0.6 is 12.2 Å². The van der Waals surface area contributed by atoms with Crippen LogP contribution in [0.3, 0.4) is 0 Å². The maximum atomic E-state index is 11.9. The number of pyridine rings is 2. The van der Waals surface area contributed by atoms with Crippen LogP contribution in [0, 0.1) is 0 Å². The molecule has 2 heterocycles. The van der Waals surface area contributed by atoms with E-state index in [4.69, 9.17) is 12.2 Å². The Morgan fingerprint density at radius 1 is 1.35 bits per heavy atom. The number of methoxy groups -OCH3 is 1. The number of rotatable bonds is 5. The maximum absolute atomic E-state index is 11.9. The van der Waals surface area contributed by atoms with Gasteiger partial charge >= 0.3 is 5.97 Å². The number of hydrogen-bond donors (Lipinski definition) is 1. The highest BCUT2D eigenvalue weighted by atomic mass is 32.1. The fraction of sp³-hybridized carbons (Fsp3) is 0.250. The second-order valence-corrected chi connectivity index (χ2v) is 5.56. The highest BCUT2D eigenvalue weighted by Gasteiger charge is 2.08. The lowest BCUT2D eigenvalue weighted by molar-refractivity contribution is 0.0599. The van der Waals surface area contributed by atoms with Crippen molar-refractivity contribution in [3.8, 4) is 0 Å². The summed E-state index contributed by atoms with van der Waals surface area (Å²) in [5.74, 6) is -0.478. The van der Waals surface area contributed by atoms with Gasteiger partial charge in [0.25, 0.3) is 5.56 Å². The quantitative estimate of drug-likeness (QED) is 0.661. The van der Waals surface area contributed by atoms with Crippen molar-refractivity contribution < 1.29 is 9.53 Å². The summed E-state index contributed by atoms with van der Waals surface area (Å²) in [7, 11) is 1.30. The van der Waals surface area contributed by atoms with Gasteiger partial charge in [-0.1, -0.05) is 18.3 Å². The van der Waals surface area contributed by atoms with Gasteiger partial charge in [-0.2, -0.15) is 0 Å². The molecule has 7 heteroatoms. The zero-order valence-corrected chi connectivity index (χ0v) is 13.7. The predicted molar refractivity (Wildman–Crippen MR) is 90.5 cm³/mol. The van der Waals surface area contributed by atoms with Crippen LogP contribution in [0.15, 0.2) is 41.5 Å². The first-order chi connectivity index (χ1) is 11.0. The molecule has 2 aromatic heterocycles. The van der Waals surface area contributed by atoms with E-state index in [0.717, 1.165) is 11.3 Å². The molecule has 120 valence electrons. The molecule has 0 atom stereocenters. The van der Waals surface area contributed by atoms with E-state index in [1.165, 1.54) is 30.0 Å². The minimum atomic E-state index is -0.478. The van der Waals surface area contributed by atoms with Crippen molar-refractivity contribution in [3.63, 3.8) is 0 Å². The summed E-state index contributed by atoms with van der Waals surface area (Å²) in [6, 6.07) is 6.56. The van der Waals surface area contributed by atoms with Gasteiger partial charge in [-0.25, -0.2) is 4.79 Å². The Balaban J connectivity index is 2.14. The molecule has 0 aliphatic heterocycles. The Bertz CT molecular complexity index is 769. The molecule has 0 aromatic carbocycles. The van der Waals surface area contributed by atoms with Gasteiger partial charge in [-0.3, -0.25) is 9.78 Å². The Hall–Kier alpha value is -2.54. The van der Waals surface area contributed by atoms with Crippen LogP contribution in [0.25, 0.3) is 0 Å². The lowest BCUT2D eigenvalue weighted by Gasteiger charge is -2.08. The van der Waals surface area contributed by atoms with E-state index in [2.05, 4.69) is 15.0 Å². The van der Waals surface area contributed by atoms with Crippen molar-refractivity contribution in [2.24, 2.45) is 0 Å². The molecule has 2 rings (SSSR count). The van der Waals surface area contributed by atoms with Gasteiger partial charge < -0.3 is 14.6 Å². The van der Waals surface area contributed by atoms with E-state index in [9.17, 15) is 9.59 Å². The van der Waals surface area contributed by atoms with Crippen molar-refractivity contribution in [2.45, 2.75) is 20.0 Å². The average molecular weight is 331 g/mol. The molecule has 2 aromatic rings. The zero-order chi connectivity index (χ0) is 16.8. The van der Waals surface area contributed by atoms with E-state index in [0.29, 0.717) is 23.6 Å². The zero-order valence-electron chi connectivity index (χ0n) is 12.9. The van der Waals surface area contributed by atoms with Gasteiger partial charge in [0.2, 0.25) is 0 Å². The number of carbonyl (C=O) groups excluding carboxylic acids is 1. The Kier molecular flexibility index (Phi) is 5.59. The smallest absolute Gasteiger partial charge is 0.339 e. The van der Waals surface area contributed by atoms with Gasteiger partial charge in [0, 0.05) is 18.5 Å². The van der Waals surface area contributed by atoms with Crippen LogP contribution in [0.1, 0.15) is 28.5 Å². The van der Waals surface area contributed by atoms with Gasteiger partial charge in [-0.15, -0.1) is 0 Å². The molecule has 0 amide bonds. The molecule has 0 radical (unpaired) electrons. The molecular weight excluding hydrogens is 314 g/mol. The largest absolute Gasteiger partial charge is 0.465 e. The Labute approximate surface area is 139 Å².